The average Bonchev–Trinajstić information content (AvgIpc) is 3.41. The second-order valence-corrected chi connectivity index (χ2v) is 14.2. The van der Waals surface area contributed by atoms with E-state index in [1.54, 1.807) is 49.4 Å². The summed E-state index contributed by atoms with van der Waals surface area (Å²) in [6, 6.07) is 15.8. The van der Waals surface area contributed by atoms with E-state index >= 15 is 0 Å². The maximum atomic E-state index is 14.5. The first-order valence-corrected chi connectivity index (χ1v) is 16.7. The van der Waals surface area contributed by atoms with Gasteiger partial charge in [-0.3, -0.25) is 4.79 Å². The molecular formula is C36H35F3N4O3S. The Bertz CT molecular complexity index is 2130. The van der Waals surface area contributed by atoms with Crippen molar-refractivity contribution in [2.75, 3.05) is 20.1 Å². The number of carbonyl (C=O) groups is 1. The number of amides is 1. The third kappa shape index (κ3) is 5.94. The molecular weight excluding hydrogens is 625 g/mol. The molecule has 1 fully saturated rings. The van der Waals surface area contributed by atoms with E-state index in [4.69, 9.17) is 5.73 Å². The van der Waals surface area contributed by atoms with Gasteiger partial charge in [0.25, 0.3) is 10.0 Å². The second-order valence-electron chi connectivity index (χ2n) is 12.4. The highest BCUT2D eigenvalue weighted by molar-refractivity contribution is 7.90. The molecule has 0 radical (unpaired) electrons. The molecule has 0 saturated carbocycles. The van der Waals surface area contributed by atoms with Gasteiger partial charge in [-0.25, -0.2) is 17.4 Å². The molecule has 1 aliphatic rings. The topological polar surface area (TPSA) is 98.3 Å². The van der Waals surface area contributed by atoms with E-state index in [-0.39, 0.29) is 16.5 Å². The number of carbonyl (C=O) groups excluding carboxylic acids is 1. The Balaban J connectivity index is 1.56. The summed E-state index contributed by atoms with van der Waals surface area (Å²) in [4.78, 5) is 18.8. The molecule has 7 nitrogen and oxygen atoms in total. The van der Waals surface area contributed by atoms with Gasteiger partial charge in [0.05, 0.1) is 10.5 Å². The lowest BCUT2D eigenvalue weighted by molar-refractivity contribution is -0.138. The second kappa shape index (κ2) is 12.0. The number of rotatable bonds is 6. The monoisotopic (exact) mass is 660 g/mol. The van der Waals surface area contributed by atoms with Crippen LogP contribution in [0.2, 0.25) is 0 Å². The number of piperidine rings is 1. The summed E-state index contributed by atoms with van der Waals surface area (Å²) in [7, 11) is -2.14. The van der Waals surface area contributed by atoms with Crippen LogP contribution in [0.15, 0.2) is 78.0 Å². The first-order valence-electron chi connectivity index (χ1n) is 15.3. The number of likely N-dealkylation sites (tertiary alicyclic amines) is 1. The minimum atomic E-state index is -4.56. The zero-order valence-corrected chi connectivity index (χ0v) is 27.3. The highest BCUT2D eigenvalue weighted by atomic mass is 32.2. The summed E-state index contributed by atoms with van der Waals surface area (Å²) in [6.07, 6.45) is -0.378. The number of hydrogen-bond donors (Lipinski definition) is 1. The number of benzene rings is 3. The Labute approximate surface area is 271 Å². The van der Waals surface area contributed by atoms with Crippen molar-refractivity contribution < 1.29 is 26.4 Å². The molecule has 0 bridgehead atoms. The molecule has 2 N–H and O–H groups in total. The third-order valence-electron chi connectivity index (χ3n) is 9.38. The summed E-state index contributed by atoms with van der Waals surface area (Å²) in [5, 5.41) is 0.431. The van der Waals surface area contributed by atoms with Crippen molar-refractivity contribution in [3.63, 3.8) is 0 Å². The fourth-order valence-electron chi connectivity index (χ4n) is 6.50. The number of nitrogens with two attached hydrogens (primary N) is 1. The maximum Gasteiger partial charge on any atom is 0.416 e. The van der Waals surface area contributed by atoms with Crippen LogP contribution in [0.1, 0.15) is 56.9 Å². The van der Waals surface area contributed by atoms with Crippen LogP contribution in [-0.2, 0) is 16.2 Å². The number of alkyl halides is 3. The van der Waals surface area contributed by atoms with Crippen molar-refractivity contribution in [2.45, 2.75) is 50.6 Å². The normalized spacial score (nSPS) is 15.0. The van der Waals surface area contributed by atoms with E-state index < -0.39 is 27.7 Å². The van der Waals surface area contributed by atoms with Crippen molar-refractivity contribution in [3.8, 4) is 22.3 Å². The summed E-state index contributed by atoms with van der Waals surface area (Å²) in [6.45, 7) is 6.89. The number of halogens is 3. The quantitative estimate of drug-likeness (QED) is 0.204. The number of nitrogens with zero attached hydrogens (tertiary/aromatic N) is 3. The number of fused-ring (bicyclic) bond motifs is 1. The summed E-state index contributed by atoms with van der Waals surface area (Å²) in [5.74, 6) is -0.783. The Morgan fingerprint density at radius 3 is 2.21 bits per heavy atom. The van der Waals surface area contributed by atoms with Gasteiger partial charge in [0, 0.05) is 34.5 Å². The smallest absolute Gasteiger partial charge is 0.366 e. The van der Waals surface area contributed by atoms with Gasteiger partial charge in [0.1, 0.15) is 0 Å². The molecule has 244 valence electrons. The largest absolute Gasteiger partial charge is 0.416 e. The van der Waals surface area contributed by atoms with E-state index in [0.717, 1.165) is 22.6 Å². The van der Waals surface area contributed by atoms with Crippen LogP contribution >= 0.6 is 0 Å². The molecule has 0 aliphatic carbocycles. The minimum Gasteiger partial charge on any atom is -0.366 e. The summed E-state index contributed by atoms with van der Waals surface area (Å²) >= 11 is 0. The standard InChI is InChI=1S/C36H35F3N4O3S/c1-21-5-8-27(9-6-21)47(45,46)43-20-32(28-11-12-29(34(40)44)23(3)22(28)2)31-17-26(19-41-35(31)43)25-7-10-30(33(18-25)36(37,38)39)24-13-15-42(4)16-14-24/h5-12,17-20,24H,13-16H2,1-4H3,(H2,40,44). The minimum absolute atomic E-state index is 0.0636. The van der Waals surface area contributed by atoms with Crippen LogP contribution in [0.5, 0.6) is 0 Å². The molecule has 1 saturated heterocycles. The zero-order chi connectivity index (χ0) is 33.8. The molecule has 0 atom stereocenters. The first kappa shape index (κ1) is 32.5. The van der Waals surface area contributed by atoms with Gasteiger partial charge in [-0.05, 0) is 118 Å². The number of aromatic nitrogens is 2. The van der Waals surface area contributed by atoms with E-state index in [2.05, 4.69) is 9.88 Å². The van der Waals surface area contributed by atoms with Crippen molar-refractivity contribution in [1.82, 2.24) is 13.9 Å². The van der Waals surface area contributed by atoms with Crippen LogP contribution in [-0.4, -0.2) is 48.3 Å². The fraction of sp³-hybridized carbons (Fsp3) is 0.278. The number of hydrogen-bond acceptors (Lipinski definition) is 5. The Morgan fingerprint density at radius 2 is 1.57 bits per heavy atom. The third-order valence-corrected chi connectivity index (χ3v) is 11.0. The zero-order valence-electron chi connectivity index (χ0n) is 26.5. The van der Waals surface area contributed by atoms with Crippen molar-refractivity contribution in [1.29, 1.82) is 0 Å². The van der Waals surface area contributed by atoms with Crippen LogP contribution in [0.3, 0.4) is 0 Å². The fourth-order valence-corrected chi connectivity index (χ4v) is 7.82. The molecule has 11 heteroatoms. The lowest BCUT2D eigenvalue weighted by Gasteiger charge is -2.31. The molecule has 1 aliphatic heterocycles. The molecule has 5 aromatic rings. The van der Waals surface area contributed by atoms with Crippen molar-refractivity contribution >= 4 is 27.0 Å². The molecule has 3 aromatic carbocycles. The Morgan fingerprint density at radius 1 is 0.894 bits per heavy atom. The molecule has 0 spiro atoms. The van der Waals surface area contributed by atoms with Gasteiger partial charge in [0.2, 0.25) is 5.91 Å². The van der Waals surface area contributed by atoms with E-state index in [9.17, 15) is 26.4 Å². The van der Waals surface area contributed by atoms with E-state index in [0.29, 0.717) is 62.7 Å². The van der Waals surface area contributed by atoms with E-state index in [1.165, 1.54) is 30.6 Å². The summed E-state index contributed by atoms with van der Waals surface area (Å²) in [5.41, 5.74) is 9.78. The number of primary amides is 1. The van der Waals surface area contributed by atoms with Gasteiger partial charge in [-0.1, -0.05) is 35.9 Å². The van der Waals surface area contributed by atoms with Crippen LogP contribution < -0.4 is 5.73 Å². The maximum absolute atomic E-state index is 14.5. The molecule has 0 unspecified atom stereocenters. The van der Waals surface area contributed by atoms with Crippen LogP contribution in [0.25, 0.3) is 33.3 Å². The van der Waals surface area contributed by atoms with Crippen molar-refractivity contribution in [3.05, 3.63) is 106 Å². The molecule has 6 rings (SSSR count). The van der Waals surface area contributed by atoms with E-state index in [1.807, 2.05) is 20.9 Å². The van der Waals surface area contributed by atoms with Gasteiger partial charge in [0.15, 0.2) is 5.65 Å². The lowest BCUT2D eigenvalue weighted by atomic mass is 9.85. The SMILES string of the molecule is Cc1ccc(S(=O)(=O)n2cc(-c3ccc(C(N)=O)c(C)c3C)c3cc(-c4ccc(C5CCN(C)CC5)c(C(F)(F)F)c4)cnc32)cc1. The van der Waals surface area contributed by atoms with Crippen molar-refractivity contribution in [2.24, 2.45) is 5.73 Å². The number of aryl methyl sites for hydroxylation is 1. The van der Waals surface area contributed by atoms with Gasteiger partial charge < -0.3 is 10.6 Å². The van der Waals surface area contributed by atoms with Crippen LogP contribution in [0.4, 0.5) is 13.2 Å². The molecule has 1 amide bonds. The van der Waals surface area contributed by atoms with Crippen LogP contribution in [0, 0.1) is 20.8 Å². The predicted molar refractivity (Wildman–Crippen MR) is 177 cm³/mol. The lowest BCUT2D eigenvalue weighted by Crippen LogP contribution is -2.30. The molecule has 2 aromatic heterocycles. The average molecular weight is 661 g/mol. The van der Waals surface area contributed by atoms with Gasteiger partial charge in [-0.15, -0.1) is 0 Å². The predicted octanol–water partition coefficient (Wildman–Crippen LogP) is 7.46. The van der Waals surface area contributed by atoms with Gasteiger partial charge in [-0.2, -0.15) is 13.2 Å². The first-order chi connectivity index (χ1) is 22.2. The Kier molecular flexibility index (Phi) is 8.26. The highest BCUT2D eigenvalue weighted by Gasteiger charge is 2.36. The highest BCUT2D eigenvalue weighted by Crippen LogP contribution is 2.42. The van der Waals surface area contributed by atoms with Gasteiger partial charge >= 0.3 is 6.18 Å². The number of pyridine rings is 1. The Hall–Kier alpha value is -4.48. The summed E-state index contributed by atoms with van der Waals surface area (Å²) < 4.78 is 72.4. The molecule has 47 heavy (non-hydrogen) atoms. The molecule has 3 heterocycles.